The first-order valence-corrected chi connectivity index (χ1v) is 10.6. The minimum absolute atomic E-state index is 0.176. The van der Waals surface area contributed by atoms with E-state index >= 15 is 0 Å². The van der Waals surface area contributed by atoms with Crippen LogP contribution in [0.3, 0.4) is 0 Å². The van der Waals surface area contributed by atoms with Crippen LogP contribution in [0.4, 0.5) is 10.1 Å². The number of aryl methyl sites for hydroxylation is 1. The number of amides is 1. The van der Waals surface area contributed by atoms with Crippen LogP contribution in [0.1, 0.15) is 36.9 Å². The number of hydrogen-bond donors (Lipinski definition) is 1. The third-order valence-electron chi connectivity index (χ3n) is 4.30. The molecule has 0 unspecified atom stereocenters. The van der Waals surface area contributed by atoms with Crippen LogP contribution in [-0.4, -0.2) is 27.1 Å². The van der Waals surface area contributed by atoms with Gasteiger partial charge < -0.3 is 5.32 Å². The quantitative estimate of drug-likeness (QED) is 0.747. The highest BCUT2D eigenvalue weighted by atomic mass is 32.2. The molecule has 0 spiro atoms. The van der Waals surface area contributed by atoms with Gasteiger partial charge in [0, 0.05) is 13.0 Å². The molecule has 0 aliphatic rings. The minimum atomic E-state index is -3.44. The predicted octanol–water partition coefficient (Wildman–Crippen LogP) is 3.56. The van der Waals surface area contributed by atoms with Gasteiger partial charge in [0.2, 0.25) is 15.9 Å². The summed E-state index contributed by atoms with van der Waals surface area (Å²) in [7, 11) is -3.44. The molecule has 2 aromatic rings. The van der Waals surface area contributed by atoms with Crippen molar-refractivity contribution in [3.63, 3.8) is 0 Å². The number of nitrogens with one attached hydrogen (secondary N) is 1. The largest absolute Gasteiger partial charge is 0.350 e. The number of sulfonamides is 1. The molecule has 7 heteroatoms. The Balaban J connectivity index is 1.93. The summed E-state index contributed by atoms with van der Waals surface area (Å²) in [5, 5.41) is 2.85. The summed E-state index contributed by atoms with van der Waals surface area (Å²) in [6.45, 7) is 3.90. The maximum atomic E-state index is 13.0. The van der Waals surface area contributed by atoms with E-state index in [1.165, 1.54) is 16.4 Å². The Morgan fingerprint density at radius 3 is 2.37 bits per heavy atom. The number of halogens is 1. The summed E-state index contributed by atoms with van der Waals surface area (Å²) in [5.41, 5.74) is 2.29. The summed E-state index contributed by atoms with van der Waals surface area (Å²) in [6, 6.07) is 13.0. The maximum Gasteiger partial charge on any atom is 0.232 e. The fourth-order valence-electron chi connectivity index (χ4n) is 2.84. The molecule has 0 saturated carbocycles. The Hall–Kier alpha value is -2.41. The zero-order chi connectivity index (χ0) is 20.0. The van der Waals surface area contributed by atoms with Gasteiger partial charge in [-0.1, -0.05) is 30.3 Å². The number of para-hydroxylation sites is 1. The van der Waals surface area contributed by atoms with Gasteiger partial charge in [-0.05, 0) is 49.6 Å². The van der Waals surface area contributed by atoms with Gasteiger partial charge in [-0.15, -0.1) is 0 Å². The van der Waals surface area contributed by atoms with Gasteiger partial charge >= 0.3 is 0 Å². The molecule has 0 bridgehead atoms. The molecule has 2 rings (SSSR count). The van der Waals surface area contributed by atoms with Gasteiger partial charge in [-0.2, -0.15) is 0 Å². The molecule has 146 valence electrons. The lowest BCUT2D eigenvalue weighted by Crippen LogP contribution is -2.33. The zero-order valence-corrected chi connectivity index (χ0v) is 16.6. The average molecular weight is 392 g/mol. The van der Waals surface area contributed by atoms with Crippen molar-refractivity contribution in [2.24, 2.45) is 0 Å². The summed E-state index contributed by atoms with van der Waals surface area (Å²) in [4.78, 5) is 12.2. The van der Waals surface area contributed by atoms with Gasteiger partial charge in [-0.25, -0.2) is 12.8 Å². The lowest BCUT2D eigenvalue weighted by molar-refractivity contribution is -0.121. The molecule has 0 fully saturated rings. The van der Waals surface area contributed by atoms with Crippen molar-refractivity contribution in [2.75, 3.05) is 17.1 Å². The van der Waals surface area contributed by atoms with Crippen molar-refractivity contribution in [3.8, 4) is 0 Å². The SMILES string of the molecule is Cc1ccccc1N(CCCC(=O)N[C@@H](C)c1ccc(F)cc1)S(C)(=O)=O. The molecule has 2 aromatic carbocycles. The molecule has 1 amide bonds. The highest BCUT2D eigenvalue weighted by Crippen LogP contribution is 2.22. The molecule has 1 N–H and O–H groups in total. The molecule has 5 nitrogen and oxygen atoms in total. The van der Waals surface area contributed by atoms with E-state index in [-0.39, 0.29) is 30.7 Å². The van der Waals surface area contributed by atoms with Crippen molar-refractivity contribution in [1.29, 1.82) is 0 Å². The Bertz CT molecular complexity index is 882. The molecule has 27 heavy (non-hydrogen) atoms. The molecule has 0 aliphatic heterocycles. The number of benzene rings is 2. The van der Waals surface area contributed by atoms with E-state index in [0.717, 1.165) is 17.4 Å². The number of anilines is 1. The van der Waals surface area contributed by atoms with Crippen LogP contribution in [-0.2, 0) is 14.8 Å². The Morgan fingerprint density at radius 1 is 1.15 bits per heavy atom. The van der Waals surface area contributed by atoms with E-state index in [0.29, 0.717) is 12.1 Å². The standard InChI is InChI=1S/C20H25FN2O3S/c1-15-7-4-5-8-19(15)23(27(3,25)26)14-6-9-20(24)22-16(2)17-10-12-18(21)13-11-17/h4-5,7-8,10-13,16H,6,9,14H2,1-3H3,(H,22,24)/t16-/m0/s1. The number of carbonyl (C=O) groups excluding carboxylic acids is 1. The highest BCUT2D eigenvalue weighted by Gasteiger charge is 2.19. The molecule has 0 heterocycles. The van der Waals surface area contributed by atoms with E-state index in [9.17, 15) is 17.6 Å². The van der Waals surface area contributed by atoms with E-state index in [2.05, 4.69) is 5.32 Å². The third-order valence-corrected chi connectivity index (χ3v) is 5.48. The molecule has 0 aromatic heterocycles. The zero-order valence-electron chi connectivity index (χ0n) is 15.8. The summed E-state index contributed by atoms with van der Waals surface area (Å²) >= 11 is 0. The summed E-state index contributed by atoms with van der Waals surface area (Å²) < 4.78 is 38.6. The van der Waals surface area contributed by atoms with Crippen LogP contribution in [0, 0.1) is 12.7 Å². The molecule has 0 aliphatic carbocycles. The first kappa shape index (κ1) is 20.9. The second-order valence-electron chi connectivity index (χ2n) is 6.57. The van der Waals surface area contributed by atoms with E-state index in [1.54, 1.807) is 24.3 Å². The number of carbonyl (C=O) groups is 1. The number of hydrogen-bond acceptors (Lipinski definition) is 3. The van der Waals surface area contributed by atoms with Crippen molar-refractivity contribution < 1.29 is 17.6 Å². The molecule has 1 atom stereocenters. The van der Waals surface area contributed by atoms with Crippen LogP contribution in [0.2, 0.25) is 0 Å². The van der Waals surface area contributed by atoms with Crippen LogP contribution >= 0.6 is 0 Å². The van der Waals surface area contributed by atoms with E-state index in [1.807, 2.05) is 26.0 Å². The van der Waals surface area contributed by atoms with E-state index in [4.69, 9.17) is 0 Å². The molecular weight excluding hydrogens is 367 g/mol. The van der Waals surface area contributed by atoms with Crippen LogP contribution in [0.25, 0.3) is 0 Å². The lowest BCUT2D eigenvalue weighted by Gasteiger charge is -2.24. The lowest BCUT2D eigenvalue weighted by atomic mass is 10.1. The van der Waals surface area contributed by atoms with Gasteiger partial charge in [0.1, 0.15) is 5.82 Å². The highest BCUT2D eigenvalue weighted by molar-refractivity contribution is 7.92. The second kappa shape index (κ2) is 8.99. The Kier molecular flexibility index (Phi) is 6.96. The molecule has 0 radical (unpaired) electrons. The van der Waals surface area contributed by atoms with Gasteiger partial charge in [0.25, 0.3) is 0 Å². The summed E-state index contributed by atoms with van der Waals surface area (Å²) in [6.07, 6.45) is 1.75. The van der Waals surface area contributed by atoms with Crippen LogP contribution in [0.5, 0.6) is 0 Å². The van der Waals surface area contributed by atoms with Crippen LogP contribution < -0.4 is 9.62 Å². The Labute approximate surface area is 160 Å². The van der Waals surface area contributed by atoms with Crippen molar-refractivity contribution in [3.05, 3.63) is 65.5 Å². The van der Waals surface area contributed by atoms with Crippen molar-refractivity contribution >= 4 is 21.6 Å². The summed E-state index contributed by atoms with van der Waals surface area (Å²) in [5.74, 6) is -0.501. The van der Waals surface area contributed by atoms with Gasteiger partial charge in [0.05, 0.1) is 18.0 Å². The van der Waals surface area contributed by atoms with Crippen molar-refractivity contribution in [2.45, 2.75) is 32.7 Å². The molecule has 0 saturated heterocycles. The normalized spacial score (nSPS) is 12.4. The maximum absolute atomic E-state index is 13.0. The van der Waals surface area contributed by atoms with Gasteiger partial charge in [0.15, 0.2) is 0 Å². The number of nitrogens with zero attached hydrogens (tertiary/aromatic N) is 1. The monoisotopic (exact) mass is 392 g/mol. The van der Waals surface area contributed by atoms with Crippen molar-refractivity contribution in [1.82, 2.24) is 5.32 Å². The Morgan fingerprint density at radius 2 is 1.78 bits per heavy atom. The predicted molar refractivity (Wildman–Crippen MR) is 106 cm³/mol. The second-order valence-corrected chi connectivity index (χ2v) is 8.47. The third kappa shape index (κ3) is 6.06. The fraction of sp³-hybridized carbons (Fsp3) is 0.350. The first-order chi connectivity index (χ1) is 12.7. The first-order valence-electron chi connectivity index (χ1n) is 8.76. The van der Waals surface area contributed by atoms with Crippen LogP contribution in [0.15, 0.2) is 48.5 Å². The van der Waals surface area contributed by atoms with E-state index < -0.39 is 10.0 Å². The van der Waals surface area contributed by atoms with Gasteiger partial charge in [-0.3, -0.25) is 9.10 Å². The topological polar surface area (TPSA) is 66.5 Å². The minimum Gasteiger partial charge on any atom is -0.350 e. The average Bonchev–Trinajstić information content (AvgIpc) is 2.59. The fourth-order valence-corrected chi connectivity index (χ4v) is 3.86. The molecular formula is C20H25FN2O3S. The number of rotatable bonds is 8. The smallest absolute Gasteiger partial charge is 0.232 e.